The summed E-state index contributed by atoms with van der Waals surface area (Å²) >= 11 is 0. The number of esters is 1. The molecule has 0 aliphatic carbocycles. The van der Waals surface area contributed by atoms with Gasteiger partial charge in [-0.25, -0.2) is 4.68 Å². The first-order valence-electron chi connectivity index (χ1n) is 6.69. The highest BCUT2D eigenvalue weighted by molar-refractivity contribution is 5.71. The maximum atomic E-state index is 11.3. The number of hydrogen-bond acceptors (Lipinski definition) is 4. The molecule has 5 nitrogen and oxygen atoms in total. The van der Waals surface area contributed by atoms with Gasteiger partial charge in [0.25, 0.3) is 0 Å². The molecule has 1 atom stereocenters. The number of nitrogens with zero attached hydrogens (tertiary/aromatic N) is 2. The van der Waals surface area contributed by atoms with Crippen LogP contribution in [0.4, 0.5) is 0 Å². The Bertz CT molecular complexity index is 551. The fraction of sp³-hybridized carbons (Fsp3) is 0.333. The lowest BCUT2D eigenvalue weighted by Crippen LogP contribution is -2.27. The van der Waals surface area contributed by atoms with Crippen molar-refractivity contribution < 1.29 is 9.53 Å². The normalized spacial score (nSPS) is 12.1. The molecule has 0 saturated carbocycles. The Morgan fingerprint density at radius 2 is 2.15 bits per heavy atom. The molecule has 1 heterocycles. The summed E-state index contributed by atoms with van der Waals surface area (Å²) in [6.07, 6.45) is 3.76. The maximum Gasteiger partial charge on any atom is 0.319 e. The van der Waals surface area contributed by atoms with Crippen LogP contribution in [-0.4, -0.2) is 28.9 Å². The van der Waals surface area contributed by atoms with Crippen LogP contribution in [0, 0.1) is 0 Å². The molecule has 0 radical (unpaired) electrons. The minimum atomic E-state index is -0.241. The van der Waals surface area contributed by atoms with Gasteiger partial charge in [-0.05, 0) is 26.0 Å². The number of aromatic nitrogens is 2. The molecule has 0 bridgehead atoms. The minimum absolute atomic E-state index is 0.0388. The van der Waals surface area contributed by atoms with Crippen molar-refractivity contribution in [2.45, 2.75) is 19.9 Å². The summed E-state index contributed by atoms with van der Waals surface area (Å²) in [5.74, 6) is -0.241. The Hall–Kier alpha value is -2.14. The summed E-state index contributed by atoms with van der Waals surface area (Å²) in [6, 6.07) is 9.94. The van der Waals surface area contributed by atoms with Gasteiger partial charge in [-0.2, -0.15) is 5.10 Å². The first-order chi connectivity index (χ1) is 9.70. The van der Waals surface area contributed by atoms with E-state index in [-0.39, 0.29) is 18.6 Å². The second-order valence-corrected chi connectivity index (χ2v) is 4.46. The van der Waals surface area contributed by atoms with Gasteiger partial charge in [-0.1, -0.05) is 18.2 Å². The third-order valence-corrected chi connectivity index (χ3v) is 2.98. The van der Waals surface area contributed by atoms with Crippen LogP contribution in [0.2, 0.25) is 0 Å². The molecule has 0 amide bonds. The Kier molecular flexibility index (Phi) is 4.90. The first-order valence-corrected chi connectivity index (χ1v) is 6.69. The Labute approximate surface area is 118 Å². The van der Waals surface area contributed by atoms with Crippen LogP contribution in [0.3, 0.4) is 0 Å². The molecule has 0 saturated heterocycles. The molecule has 1 aromatic carbocycles. The fourth-order valence-corrected chi connectivity index (χ4v) is 1.85. The van der Waals surface area contributed by atoms with Crippen molar-refractivity contribution >= 4 is 5.97 Å². The number of carbonyl (C=O) groups is 1. The second kappa shape index (κ2) is 6.86. The van der Waals surface area contributed by atoms with E-state index < -0.39 is 0 Å². The molecule has 2 rings (SSSR count). The summed E-state index contributed by atoms with van der Waals surface area (Å²) in [7, 11) is 0. The highest BCUT2D eigenvalue weighted by atomic mass is 16.5. The van der Waals surface area contributed by atoms with Gasteiger partial charge in [0.2, 0.25) is 0 Å². The van der Waals surface area contributed by atoms with Crippen LogP contribution in [0.1, 0.15) is 25.5 Å². The number of ether oxygens (including phenoxy) is 1. The Morgan fingerprint density at radius 3 is 2.85 bits per heavy atom. The largest absolute Gasteiger partial charge is 0.465 e. The highest BCUT2D eigenvalue weighted by Gasteiger charge is 2.10. The van der Waals surface area contributed by atoms with Gasteiger partial charge in [0.05, 0.1) is 25.0 Å². The van der Waals surface area contributed by atoms with E-state index in [0.29, 0.717) is 6.61 Å². The van der Waals surface area contributed by atoms with Gasteiger partial charge in [-0.3, -0.25) is 4.79 Å². The van der Waals surface area contributed by atoms with Crippen LogP contribution < -0.4 is 5.32 Å². The summed E-state index contributed by atoms with van der Waals surface area (Å²) in [5, 5.41) is 7.45. The van der Waals surface area contributed by atoms with E-state index in [2.05, 4.69) is 10.4 Å². The number of carbonyl (C=O) groups excluding carboxylic acids is 1. The predicted octanol–water partition coefficient (Wildman–Crippen LogP) is 2.09. The number of nitrogens with one attached hydrogen (secondary N) is 1. The van der Waals surface area contributed by atoms with Crippen LogP contribution in [0.15, 0.2) is 42.7 Å². The smallest absolute Gasteiger partial charge is 0.319 e. The van der Waals surface area contributed by atoms with Crippen molar-refractivity contribution in [1.29, 1.82) is 0 Å². The average Bonchev–Trinajstić information content (AvgIpc) is 2.96. The predicted molar refractivity (Wildman–Crippen MR) is 76.6 cm³/mol. The van der Waals surface area contributed by atoms with Gasteiger partial charge in [0.15, 0.2) is 0 Å². The lowest BCUT2D eigenvalue weighted by molar-refractivity contribution is -0.142. The molecule has 20 heavy (non-hydrogen) atoms. The standard InChI is InChI=1S/C15H19N3O2/c1-3-20-15(19)10-16-12(2)13-9-17-18(11-13)14-7-5-4-6-8-14/h4-9,11-12,16H,3,10H2,1-2H3. The van der Waals surface area contributed by atoms with Crippen molar-refractivity contribution in [2.75, 3.05) is 13.2 Å². The topological polar surface area (TPSA) is 56.1 Å². The van der Waals surface area contributed by atoms with Crippen molar-refractivity contribution in [1.82, 2.24) is 15.1 Å². The fourth-order valence-electron chi connectivity index (χ4n) is 1.85. The summed E-state index contributed by atoms with van der Waals surface area (Å²) in [5.41, 5.74) is 2.04. The van der Waals surface area contributed by atoms with Gasteiger partial charge in [-0.15, -0.1) is 0 Å². The van der Waals surface area contributed by atoms with Gasteiger partial charge in [0.1, 0.15) is 0 Å². The molecule has 106 valence electrons. The molecule has 0 aliphatic rings. The van der Waals surface area contributed by atoms with E-state index in [1.165, 1.54) is 0 Å². The molecule has 5 heteroatoms. The molecule has 1 unspecified atom stereocenters. The third kappa shape index (κ3) is 3.68. The van der Waals surface area contributed by atoms with E-state index in [1.54, 1.807) is 13.1 Å². The first kappa shape index (κ1) is 14.3. The van der Waals surface area contributed by atoms with E-state index in [9.17, 15) is 4.79 Å². The molecular formula is C15H19N3O2. The Balaban J connectivity index is 1.96. The van der Waals surface area contributed by atoms with E-state index in [0.717, 1.165) is 11.3 Å². The number of rotatable bonds is 6. The number of hydrogen-bond donors (Lipinski definition) is 1. The monoisotopic (exact) mass is 273 g/mol. The SMILES string of the molecule is CCOC(=O)CNC(C)c1cnn(-c2ccccc2)c1. The second-order valence-electron chi connectivity index (χ2n) is 4.46. The van der Waals surface area contributed by atoms with Crippen LogP contribution in [0.5, 0.6) is 0 Å². The molecule has 2 aromatic rings. The summed E-state index contributed by atoms with van der Waals surface area (Å²) < 4.78 is 6.70. The zero-order valence-electron chi connectivity index (χ0n) is 11.7. The zero-order chi connectivity index (χ0) is 14.4. The summed E-state index contributed by atoms with van der Waals surface area (Å²) in [4.78, 5) is 11.3. The van der Waals surface area contributed by atoms with Gasteiger partial charge >= 0.3 is 5.97 Å². The molecular weight excluding hydrogens is 254 g/mol. The van der Waals surface area contributed by atoms with E-state index >= 15 is 0 Å². The number of para-hydroxylation sites is 1. The lowest BCUT2D eigenvalue weighted by Gasteiger charge is -2.11. The quantitative estimate of drug-likeness (QED) is 0.819. The van der Waals surface area contributed by atoms with Crippen molar-refractivity contribution in [3.63, 3.8) is 0 Å². The lowest BCUT2D eigenvalue weighted by atomic mass is 10.2. The van der Waals surface area contributed by atoms with Gasteiger partial charge < -0.3 is 10.1 Å². The van der Waals surface area contributed by atoms with E-state index in [1.807, 2.05) is 48.1 Å². The van der Waals surface area contributed by atoms with Crippen LogP contribution >= 0.6 is 0 Å². The maximum absolute atomic E-state index is 11.3. The van der Waals surface area contributed by atoms with Gasteiger partial charge in [0, 0.05) is 17.8 Å². The zero-order valence-corrected chi connectivity index (χ0v) is 11.7. The molecule has 0 aliphatic heterocycles. The average molecular weight is 273 g/mol. The molecule has 1 N–H and O–H groups in total. The van der Waals surface area contributed by atoms with Crippen molar-refractivity contribution in [2.24, 2.45) is 0 Å². The molecule has 1 aromatic heterocycles. The molecule has 0 fully saturated rings. The third-order valence-electron chi connectivity index (χ3n) is 2.98. The van der Waals surface area contributed by atoms with Crippen molar-refractivity contribution in [3.8, 4) is 5.69 Å². The van der Waals surface area contributed by atoms with Crippen molar-refractivity contribution in [3.05, 3.63) is 48.3 Å². The van der Waals surface area contributed by atoms with E-state index in [4.69, 9.17) is 4.74 Å². The Morgan fingerprint density at radius 1 is 1.40 bits per heavy atom. The minimum Gasteiger partial charge on any atom is -0.465 e. The number of benzene rings is 1. The van der Waals surface area contributed by atoms with Crippen LogP contribution in [0.25, 0.3) is 5.69 Å². The highest BCUT2D eigenvalue weighted by Crippen LogP contribution is 2.13. The van der Waals surface area contributed by atoms with Crippen LogP contribution in [-0.2, 0) is 9.53 Å². The molecule has 0 spiro atoms. The summed E-state index contributed by atoms with van der Waals surface area (Å²) in [6.45, 7) is 4.39.